The quantitative estimate of drug-likeness (QED) is 0.860. The van der Waals surface area contributed by atoms with Crippen molar-refractivity contribution in [2.75, 3.05) is 0 Å². The molecule has 1 fully saturated rings. The van der Waals surface area contributed by atoms with E-state index in [0.717, 1.165) is 5.56 Å². The fraction of sp³-hybridized carbons (Fsp3) is 0.467. The zero-order valence-corrected chi connectivity index (χ0v) is 13.0. The molecular weight excluding hydrogens is 324 g/mol. The smallest absolute Gasteiger partial charge is 0.247 e. The Bertz CT molecular complexity index is 859. The average molecular weight is 339 g/mol. The van der Waals surface area contributed by atoms with Gasteiger partial charge < -0.3 is 0 Å². The Labute approximate surface area is 132 Å². The summed E-state index contributed by atoms with van der Waals surface area (Å²) in [5, 5.41) is 3.19. The standard InChI is InChI=1S/C15H15F2N3O2S/c16-10-3-1-2-9(6-10)13-4-5-14-18-15(19-20(13)14)23(21,22)12-7-11(17)8-12/h1-3,6,11-13H,4-5,7-8H2. The van der Waals surface area contributed by atoms with E-state index in [0.29, 0.717) is 18.7 Å². The summed E-state index contributed by atoms with van der Waals surface area (Å²) in [5.74, 6) is 0.237. The molecule has 1 aliphatic carbocycles. The van der Waals surface area contributed by atoms with Gasteiger partial charge in [0.2, 0.25) is 9.84 Å². The number of benzene rings is 1. The lowest BCUT2D eigenvalue weighted by Gasteiger charge is -2.27. The normalized spacial score (nSPS) is 26.8. The Morgan fingerprint density at radius 3 is 2.74 bits per heavy atom. The summed E-state index contributed by atoms with van der Waals surface area (Å²) in [4.78, 5) is 4.14. The Balaban J connectivity index is 1.67. The fourth-order valence-corrected chi connectivity index (χ4v) is 4.85. The number of sulfone groups is 1. The van der Waals surface area contributed by atoms with Crippen LogP contribution in [0.5, 0.6) is 0 Å². The van der Waals surface area contributed by atoms with Crippen molar-refractivity contribution in [3.63, 3.8) is 0 Å². The topological polar surface area (TPSA) is 64.8 Å². The monoisotopic (exact) mass is 339 g/mol. The van der Waals surface area contributed by atoms with Crippen molar-refractivity contribution >= 4 is 9.84 Å². The van der Waals surface area contributed by atoms with Crippen LogP contribution in [0.15, 0.2) is 29.4 Å². The molecule has 2 aromatic rings. The highest BCUT2D eigenvalue weighted by Crippen LogP contribution is 2.35. The first-order valence-corrected chi connectivity index (χ1v) is 9.08. The number of hydrogen-bond donors (Lipinski definition) is 0. The maximum atomic E-state index is 13.4. The van der Waals surface area contributed by atoms with E-state index in [-0.39, 0.29) is 29.9 Å². The third-order valence-corrected chi connectivity index (χ3v) is 6.53. The first-order chi connectivity index (χ1) is 10.9. The molecule has 2 aliphatic rings. The van der Waals surface area contributed by atoms with E-state index in [1.807, 2.05) is 0 Å². The molecule has 0 bridgehead atoms. The summed E-state index contributed by atoms with van der Waals surface area (Å²) in [6.45, 7) is 0. The Hall–Kier alpha value is -1.83. The number of halogens is 2. The van der Waals surface area contributed by atoms with Gasteiger partial charge >= 0.3 is 0 Å². The van der Waals surface area contributed by atoms with Crippen LogP contribution in [0, 0.1) is 5.82 Å². The number of nitrogens with zero attached hydrogens (tertiary/aromatic N) is 3. The number of aryl methyl sites for hydroxylation is 1. The highest BCUT2D eigenvalue weighted by atomic mass is 32.2. The molecule has 0 radical (unpaired) electrons. The van der Waals surface area contributed by atoms with Crippen molar-refractivity contribution in [1.82, 2.24) is 14.8 Å². The maximum Gasteiger partial charge on any atom is 0.267 e. The van der Waals surface area contributed by atoms with Gasteiger partial charge in [-0.2, -0.15) is 0 Å². The SMILES string of the molecule is O=S(=O)(c1nc2n(n1)C(c1cccc(F)c1)CC2)C1CC(F)C1. The minimum Gasteiger partial charge on any atom is -0.247 e. The predicted molar refractivity (Wildman–Crippen MR) is 78.0 cm³/mol. The number of fused-ring (bicyclic) bond motifs is 1. The lowest BCUT2D eigenvalue weighted by Crippen LogP contribution is -2.37. The lowest BCUT2D eigenvalue weighted by atomic mass is 9.97. The van der Waals surface area contributed by atoms with Gasteiger partial charge in [-0.1, -0.05) is 12.1 Å². The minimum absolute atomic E-state index is 0.0134. The highest BCUT2D eigenvalue weighted by Gasteiger charge is 2.43. The molecule has 1 aliphatic heterocycles. The maximum absolute atomic E-state index is 13.4. The lowest BCUT2D eigenvalue weighted by molar-refractivity contribution is 0.213. The van der Waals surface area contributed by atoms with Crippen LogP contribution in [0.1, 0.15) is 36.7 Å². The Kier molecular flexibility index (Phi) is 3.26. The van der Waals surface area contributed by atoms with Crippen molar-refractivity contribution in [2.24, 2.45) is 0 Å². The van der Waals surface area contributed by atoms with Crippen molar-refractivity contribution in [2.45, 2.75) is 48.3 Å². The molecule has 1 unspecified atom stereocenters. The molecule has 0 N–H and O–H groups in total. The van der Waals surface area contributed by atoms with Gasteiger partial charge in [0.25, 0.3) is 5.16 Å². The van der Waals surface area contributed by atoms with E-state index in [2.05, 4.69) is 10.1 Å². The summed E-state index contributed by atoms with van der Waals surface area (Å²) in [6, 6.07) is 5.98. The molecule has 0 saturated heterocycles. The van der Waals surface area contributed by atoms with E-state index >= 15 is 0 Å². The first kappa shape index (κ1) is 14.7. The highest BCUT2D eigenvalue weighted by molar-refractivity contribution is 7.91. The van der Waals surface area contributed by atoms with Crippen molar-refractivity contribution < 1.29 is 17.2 Å². The first-order valence-electron chi connectivity index (χ1n) is 7.54. The van der Waals surface area contributed by atoms with E-state index in [4.69, 9.17) is 0 Å². The van der Waals surface area contributed by atoms with Crippen LogP contribution in [0.4, 0.5) is 8.78 Å². The molecule has 0 amide bonds. The third-order valence-electron chi connectivity index (χ3n) is 4.58. The van der Waals surface area contributed by atoms with Gasteiger partial charge in [-0.3, -0.25) is 0 Å². The van der Waals surface area contributed by atoms with Crippen LogP contribution in [0.25, 0.3) is 0 Å². The summed E-state index contributed by atoms with van der Waals surface area (Å²) in [7, 11) is -3.68. The molecule has 0 spiro atoms. The number of hydrogen-bond acceptors (Lipinski definition) is 4. The fourth-order valence-electron chi connectivity index (χ4n) is 3.19. The van der Waals surface area contributed by atoms with Gasteiger partial charge in [-0.15, -0.1) is 5.10 Å². The molecule has 1 aromatic carbocycles. The van der Waals surface area contributed by atoms with Gasteiger partial charge in [0.15, 0.2) is 0 Å². The Morgan fingerprint density at radius 2 is 2.04 bits per heavy atom. The largest absolute Gasteiger partial charge is 0.267 e. The number of rotatable bonds is 3. The van der Waals surface area contributed by atoms with E-state index in [1.165, 1.54) is 12.1 Å². The van der Waals surface area contributed by atoms with Gasteiger partial charge in [-0.25, -0.2) is 26.9 Å². The molecule has 23 heavy (non-hydrogen) atoms. The predicted octanol–water partition coefficient (Wildman–Crippen LogP) is 2.23. The van der Waals surface area contributed by atoms with E-state index < -0.39 is 21.3 Å². The zero-order chi connectivity index (χ0) is 16.2. The Morgan fingerprint density at radius 1 is 1.26 bits per heavy atom. The van der Waals surface area contributed by atoms with Crippen molar-refractivity contribution in [1.29, 1.82) is 0 Å². The minimum atomic E-state index is -3.68. The molecule has 1 aromatic heterocycles. The zero-order valence-electron chi connectivity index (χ0n) is 12.2. The second-order valence-corrected chi connectivity index (χ2v) is 8.22. The number of alkyl halides is 1. The third kappa shape index (κ3) is 2.36. The van der Waals surface area contributed by atoms with Crippen molar-refractivity contribution in [3.05, 3.63) is 41.5 Å². The van der Waals surface area contributed by atoms with Crippen LogP contribution < -0.4 is 0 Å². The molecular formula is C15H15F2N3O2S. The van der Waals surface area contributed by atoms with Crippen molar-refractivity contribution in [3.8, 4) is 0 Å². The summed E-state index contributed by atoms with van der Waals surface area (Å²) in [6.07, 6.45) is 0.262. The van der Waals surface area contributed by atoms with Crippen LogP contribution >= 0.6 is 0 Å². The van der Waals surface area contributed by atoms with Crippen LogP contribution in [0.3, 0.4) is 0 Å². The summed E-state index contributed by atoms with van der Waals surface area (Å²) in [5.41, 5.74) is 0.741. The van der Waals surface area contributed by atoms with E-state index in [9.17, 15) is 17.2 Å². The molecule has 1 atom stereocenters. The summed E-state index contributed by atoms with van der Waals surface area (Å²) >= 11 is 0. The van der Waals surface area contributed by atoms with Gasteiger partial charge in [0.1, 0.15) is 17.8 Å². The second kappa shape index (κ2) is 5.09. The summed E-state index contributed by atoms with van der Waals surface area (Å²) < 4.78 is 52.7. The van der Waals surface area contributed by atoms with Crippen LogP contribution in [0.2, 0.25) is 0 Å². The second-order valence-electron chi connectivity index (χ2n) is 6.10. The molecule has 2 heterocycles. The van der Waals surface area contributed by atoms with E-state index in [1.54, 1.807) is 16.8 Å². The van der Waals surface area contributed by atoms with Gasteiger partial charge in [0, 0.05) is 6.42 Å². The molecule has 4 rings (SSSR count). The molecule has 122 valence electrons. The average Bonchev–Trinajstić information content (AvgIpc) is 3.04. The molecule has 1 saturated carbocycles. The van der Waals surface area contributed by atoms with Gasteiger partial charge in [-0.05, 0) is 37.0 Å². The van der Waals surface area contributed by atoms with Crippen LogP contribution in [-0.4, -0.2) is 34.6 Å². The van der Waals surface area contributed by atoms with Gasteiger partial charge in [0.05, 0.1) is 11.3 Å². The van der Waals surface area contributed by atoms with Crippen LogP contribution in [-0.2, 0) is 16.3 Å². The molecule has 8 heteroatoms. The number of aromatic nitrogens is 3. The molecule has 5 nitrogen and oxygen atoms in total.